The lowest BCUT2D eigenvalue weighted by molar-refractivity contribution is -0.870. The molecule has 0 aromatic carbocycles. The van der Waals surface area contributed by atoms with Crippen molar-refractivity contribution in [3.63, 3.8) is 0 Å². The Morgan fingerprint density at radius 3 is 1.36 bits per heavy atom. The van der Waals surface area contributed by atoms with Crippen LogP contribution in [-0.4, -0.2) is 70.7 Å². The van der Waals surface area contributed by atoms with Crippen molar-refractivity contribution < 1.29 is 37.3 Å². The second kappa shape index (κ2) is 40.7. The normalized spacial score (nSPS) is 13.9. The van der Waals surface area contributed by atoms with Crippen LogP contribution in [0.4, 0.5) is 0 Å². The number of carbonyl (C=O) groups is 1. The van der Waals surface area contributed by atoms with Gasteiger partial charge in [0.2, 0.25) is 0 Å². The number of ether oxygens (including phenoxy) is 2. The number of phosphoric acid groups is 1. The van der Waals surface area contributed by atoms with E-state index in [1.807, 2.05) is 21.1 Å². The van der Waals surface area contributed by atoms with Crippen LogP contribution in [0.1, 0.15) is 213 Å². The standard InChI is InChI=1S/C47H92NO7P/c1-6-8-10-12-14-16-18-20-22-24-25-27-29-31-33-35-37-39-42-52-44-46(45-54-56(50,51)53-43-41-48(3,4)5)55-47(49)40-38-36-34-32-30-28-26-23-21-19-17-15-13-11-9-7-2/h20,22-23,26,46H,6-19,21,24-25,27-45H2,1-5H3/b22-20-,26-23-. The largest absolute Gasteiger partial charge is 0.756 e. The van der Waals surface area contributed by atoms with Crippen LogP contribution in [0.15, 0.2) is 24.3 Å². The van der Waals surface area contributed by atoms with E-state index in [-0.39, 0.29) is 25.8 Å². The Kier molecular flexibility index (Phi) is 40.0. The predicted molar refractivity (Wildman–Crippen MR) is 236 cm³/mol. The number of unbranched alkanes of at least 4 members (excludes halogenated alkanes) is 26. The first-order valence-corrected chi connectivity index (χ1v) is 25.0. The smallest absolute Gasteiger partial charge is 0.306 e. The number of phosphoric ester groups is 1. The number of nitrogens with zero attached hydrogens (tertiary/aromatic N) is 1. The Hall–Kier alpha value is -1.02. The minimum Gasteiger partial charge on any atom is -0.756 e. The molecule has 9 heteroatoms. The highest BCUT2D eigenvalue weighted by Crippen LogP contribution is 2.38. The van der Waals surface area contributed by atoms with Crippen molar-refractivity contribution in [3.8, 4) is 0 Å². The highest BCUT2D eigenvalue weighted by molar-refractivity contribution is 7.45. The van der Waals surface area contributed by atoms with Crippen molar-refractivity contribution in [2.24, 2.45) is 0 Å². The maximum Gasteiger partial charge on any atom is 0.306 e. The van der Waals surface area contributed by atoms with Crippen LogP contribution >= 0.6 is 7.82 Å². The molecule has 0 heterocycles. The molecule has 2 unspecified atom stereocenters. The Labute approximate surface area is 347 Å². The van der Waals surface area contributed by atoms with Crippen LogP contribution in [0.3, 0.4) is 0 Å². The fraction of sp³-hybridized carbons (Fsp3) is 0.894. The van der Waals surface area contributed by atoms with Gasteiger partial charge in [0.25, 0.3) is 7.82 Å². The third-order valence-electron chi connectivity index (χ3n) is 10.2. The summed E-state index contributed by atoms with van der Waals surface area (Å²) >= 11 is 0. The number of carbonyl (C=O) groups excluding carboxylic acids is 1. The molecule has 0 radical (unpaired) electrons. The van der Waals surface area contributed by atoms with E-state index in [1.165, 1.54) is 148 Å². The molecule has 0 amide bonds. The number of likely N-dealkylation sites (N-methyl/N-ethyl adjacent to an activating group) is 1. The molecule has 0 spiro atoms. The summed E-state index contributed by atoms with van der Waals surface area (Å²) in [7, 11) is 1.35. The van der Waals surface area contributed by atoms with E-state index in [4.69, 9.17) is 18.5 Å². The molecule has 0 saturated heterocycles. The molecule has 0 saturated carbocycles. The summed E-state index contributed by atoms with van der Waals surface area (Å²) in [6, 6.07) is 0. The third-order valence-corrected chi connectivity index (χ3v) is 11.2. The van der Waals surface area contributed by atoms with E-state index in [9.17, 15) is 14.3 Å². The summed E-state index contributed by atoms with van der Waals surface area (Å²) < 4.78 is 34.6. The first-order chi connectivity index (χ1) is 27.1. The fourth-order valence-corrected chi connectivity index (χ4v) is 7.26. The molecule has 8 nitrogen and oxygen atoms in total. The number of allylic oxidation sites excluding steroid dienone is 4. The van der Waals surface area contributed by atoms with Crippen molar-refractivity contribution in [1.82, 2.24) is 0 Å². The lowest BCUT2D eigenvalue weighted by Gasteiger charge is -2.28. The predicted octanol–water partition coefficient (Wildman–Crippen LogP) is 13.4. The van der Waals surface area contributed by atoms with E-state index < -0.39 is 13.9 Å². The van der Waals surface area contributed by atoms with Gasteiger partial charge in [-0.25, -0.2) is 0 Å². The summed E-state index contributed by atoms with van der Waals surface area (Å²) in [6.45, 7) is 5.41. The van der Waals surface area contributed by atoms with Gasteiger partial charge in [-0.05, 0) is 64.2 Å². The molecule has 2 atom stereocenters. The molecule has 0 aromatic heterocycles. The van der Waals surface area contributed by atoms with Crippen LogP contribution in [0, 0.1) is 0 Å². The number of hydrogen-bond donors (Lipinski definition) is 0. The number of hydrogen-bond acceptors (Lipinski definition) is 7. The van der Waals surface area contributed by atoms with Gasteiger partial charge in [0.15, 0.2) is 0 Å². The van der Waals surface area contributed by atoms with Crippen molar-refractivity contribution in [1.29, 1.82) is 0 Å². The van der Waals surface area contributed by atoms with Crippen LogP contribution in [-0.2, 0) is 27.9 Å². The quantitative estimate of drug-likeness (QED) is 0.0199. The lowest BCUT2D eigenvalue weighted by atomic mass is 10.1. The summed E-state index contributed by atoms with van der Waals surface area (Å²) in [5.41, 5.74) is 0. The monoisotopic (exact) mass is 814 g/mol. The fourth-order valence-electron chi connectivity index (χ4n) is 6.54. The average molecular weight is 814 g/mol. The first kappa shape index (κ1) is 55.0. The van der Waals surface area contributed by atoms with Crippen LogP contribution in [0.5, 0.6) is 0 Å². The average Bonchev–Trinajstić information content (AvgIpc) is 3.15. The van der Waals surface area contributed by atoms with Gasteiger partial charge in [-0.3, -0.25) is 9.36 Å². The Balaban J connectivity index is 4.20. The summed E-state index contributed by atoms with van der Waals surface area (Å²) in [4.78, 5) is 25.1. The minimum absolute atomic E-state index is 0.0253. The van der Waals surface area contributed by atoms with E-state index in [1.54, 1.807) is 0 Å². The zero-order chi connectivity index (χ0) is 41.3. The van der Waals surface area contributed by atoms with Gasteiger partial charge in [0.05, 0.1) is 34.4 Å². The second-order valence-corrected chi connectivity index (χ2v) is 18.5. The second-order valence-electron chi connectivity index (χ2n) is 17.1. The van der Waals surface area contributed by atoms with Crippen molar-refractivity contribution in [2.75, 3.05) is 54.1 Å². The third kappa shape index (κ3) is 44.1. The van der Waals surface area contributed by atoms with Crippen molar-refractivity contribution in [3.05, 3.63) is 24.3 Å². The Bertz CT molecular complexity index is 951. The number of quaternary nitrogens is 1. The lowest BCUT2D eigenvalue weighted by Crippen LogP contribution is -2.37. The molecule has 0 aliphatic heterocycles. The van der Waals surface area contributed by atoms with E-state index >= 15 is 0 Å². The van der Waals surface area contributed by atoms with Crippen LogP contribution < -0.4 is 4.89 Å². The molecule has 56 heavy (non-hydrogen) atoms. The molecule has 0 aliphatic carbocycles. The molecule has 0 rings (SSSR count). The molecule has 0 aromatic rings. The number of esters is 1. The van der Waals surface area contributed by atoms with E-state index in [0.29, 0.717) is 24.1 Å². The number of rotatable bonds is 44. The maximum absolute atomic E-state index is 12.7. The van der Waals surface area contributed by atoms with Crippen LogP contribution in [0.2, 0.25) is 0 Å². The van der Waals surface area contributed by atoms with Gasteiger partial charge in [0.1, 0.15) is 19.3 Å². The van der Waals surface area contributed by atoms with Gasteiger partial charge < -0.3 is 27.9 Å². The summed E-state index contributed by atoms with van der Waals surface area (Å²) in [5, 5.41) is 0. The van der Waals surface area contributed by atoms with E-state index in [2.05, 4.69) is 38.2 Å². The zero-order valence-corrected chi connectivity index (χ0v) is 38.5. The maximum atomic E-state index is 12.7. The SMILES string of the molecule is CCCCCCCC/C=C\CCCCCCCCCCOCC(COP(=O)([O-])OCC[N+](C)(C)C)OC(=O)CCCCCCC/C=C\CCCCCCCCC. The Morgan fingerprint density at radius 1 is 0.536 bits per heavy atom. The molecule has 332 valence electrons. The highest BCUT2D eigenvalue weighted by atomic mass is 31.2. The highest BCUT2D eigenvalue weighted by Gasteiger charge is 2.20. The zero-order valence-electron chi connectivity index (χ0n) is 37.6. The van der Waals surface area contributed by atoms with Crippen molar-refractivity contribution in [2.45, 2.75) is 219 Å². The van der Waals surface area contributed by atoms with E-state index in [0.717, 1.165) is 44.9 Å². The summed E-state index contributed by atoms with van der Waals surface area (Å²) in [6.07, 6.45) is 46.2. The molecule has 0 fully saturated rings. The molecular formula is C47H92NO7P. The molecule has 0 bridgehead atoms. The topological polar surface area (TPSA) is 94.1 Å². The minimum atomic E-state index is -4.53. The molecule has 0 aliphatic rings. The van der Waals surface area contributed by atoms with Gasteiger partial charge >= 0.3 is 5.97 Å². The molecule has 0 N–H and O–H groups in total. The van der Waals surface area contributed by atoms with Gasteiger partial charge in [0, 0.05) is 13.0 Å². The first-order valence-electron chi connectivity index (χ1n) is 23.6. The van der Waals surface area contributed by atoms with Crippen molar-refractivity contribution >= 4 is 13.8 Å². The van der Waals surface area contributed by atoms with Gasteiger partial charge in [-0.15, -0.1) is 0 Å². The molecular weight excluding hydrogens is 721 g/mol. The van der Waals surface area contributed by atoms with Crippen LogP contribution in [0.25, 0.3) is 0 Å². The Morgan fingerprint density at radius 2 is 0.929 bits per heavy atom. The van der Waals surface area contributed by atoms with Gasteiger partial charge in [-0.1, -0.05) is 167 Å². The van der Waals surface area contributed by atoms with Gasteiger partial charge in [-0.2, -0.15) is 0 Å². The summed E-state index contributed by atoms with van der Waals surface area (Å²) in [5.74, 6) is -0.341.